The number of ether oxygens (including phenoxy) is 3. The summed E-state index contributed by atoms with van der Waals surface area (Å²) >= 11 is 15.7. The average molecular weight is 718 g/mol. The average Bonchev–Trinajstić information content (AvgIpc) is 3.41. The fourth-order valence-electron chi connectivity index (χ4n) is 5.44. The lowest BCUT2D eigenvalue weighted by Gasteiger charge is -2.26. The van der Waals surface area contributed by atoms with Crippen LogP contribution in [0.5, 0.6) is 11.5 Å². The Kier molecular flexibility index (Phi) is 10.4. The van der Waals surface area contributed by atoms with Gasteiger partial charge in [-0.25, -0.2) is 9.79 Å². The number of carbonyl (C=O) groups is 1. The van der Waals surface area contributed by atoms with E-state index >= 15 is 0 Å². The molecule has 0 saturated heterocycles. The molecule has 0 saturated carbocycles. The quantitative estimate of drug-likeness (QED) is 0.110. The van der Waals surface area contributed by atoms with Crippen LogP contribution in [0.1, 0.15) is 35.2 Å². The van der Waals surface area contributed by atoms with E-state index in [0.717, 1.165) is 21.6 Å². The second-order valence-electron chi connectivity index (χ2n) is 10.7. The van der Waals surface area contributed by atoms with Crippen molar-refractivity contribution in [1.29, 1.82) is 0 Å². The Hall–Kier alpha value is -4.28. The van der Waals surface area contributed by atoms with Crippen LogP contribution in [-0.2, 0) is 16.1 Å². The molecule has 0 unspecified atom stereocenters. The number of thioether (sulfide) groups is 1. The third-order valence-corrected chi connectivity index (χ3v) is 9.87. The molecular weight excluding hydrogens is 687 g/mol. The van der Waals surface area contributed by atoms with Crippen molar-refractivity contribution in [1.82, 2.24) is 4.57 Å². The standard InChI is InChI=1S/C37H30Cl2N2O5S2/c1-4-45-36(43)31-32(24-10-6-5-7-11-24)40-37-41(33(31)25-13-15-27(47-3)16-14-25)35(42)30(48-37)20-23-18-28(39)34(29(19-23)44-2)46-21-22-9-8-12-26(38)17-22/h5-20,33H,4,21H2,1-3H3/b30-20-/t33-/m1/s1. The summed E-state index contributed by atoms with van der Waals surface area (Å²) in [5.74, 6) is 0.252. The maximum atomic E-state index is 14.3. The van der Waals surface area contributed by atoms with Crippen molar-refractivity contribution >= 4 is 64.0 Å². The lowest BCUT2D eigenvalue weighted by molar-refractivity contribution is -0.138. The summed E-state index contributed by atoms with van der Waals surface area (Å²) in [6.07, 6.45) is 3.73. The first-order chi connectivity index (χ1) is 23.3. The van der Waals surface area contributed by atoms with Crippen molar-refractivity contribution in [2.24, 2.45) is 4.99 Å². The molecule has 0 fully saturated rings. The molecule has 11 heteroatoms. The molecular formula is C37H30Cl2N2O5S2. The molecule has 0 aliphatic carbocycles. The number of hydrogen-bond donors (Lipinski definition) is 0. The molecule has 5 aromatic rings. The zero-order chi connectivity index (χ0) is 33.8. The minimum absolute atomic E-state index is 0.175. The second kappa shape index (κ2) is 14.9. The van der Waals surface area contributed by atoms with Gasteiger partial charge >= 0.3 is 5.97 Å². The van der Waals surface area contributed by atoms with E-state index in [1.165, 1.54) is 18.4 Å². The summed E-state index contributed by atoms with van der Waals surface area (Å²) in [6.45, 7) is 2.17. The first-order valence-corrected chi connectivity index (χ1v) is 17.8. The van der Waals surface area contributed by atoms with Gasteiger partial charge < -0.3 is 14.2 Å². The van der Waals surface area contributed by atoms with Gasteiger partial charge in [0.15, 0.2) is 16.3 Å². The first-order valence-electron chi connectivity index (χ1n) is 15.0. The number of benzene rings is 4. The third-order valence-electron chi connectivity index (χ3n) is 7.63. The Morgan fingerprint density at radius 2 is 1.79 bits per heavy atom. The fraction of sp³-hybridized carbons (Fsp3) is 0.162. The topological polar surface area (TPSA) is 79.1 Å². The van der Waals surface area contributed by atoms with Crippen LogP contribution in [0.2, 0.25) is 10.0 Å². The number of thiazole rings is 1. The molecule has 0 N–H and O–H groups in total. The largest absolute Gasteiger partial charge is 0.493 e. The maximum absolute atomic E-state index is 14.3. The summed E-state index contributed by atoms with van der Waals surface area (Å²) in [4.78, 5) is 34.4. The van der Waals surface area contributed by atoms with Crippen molar-refractivity contribution in [3.63, 3.8) is 0 Å². The highest BCUT2D eigenvalue weighted by Gasteiger charge is 2.35. The molecule has 244 valence electrons. The molecule has 0 bridgehead atoms. The van der Waals surface area contributed by atoms with Crippen LogP contribution in [0, 0.1) is 0 Å². The molecule has 1 aliphatic rings. The van der Waals surface area contributed by atoms with Crippen molar-refractivity contribution in [2.75, 3.05) is 20.0 Å². The zero-order valence-corrected chi connectivity index (χ0v) is 29.4. The van der Waals surface area contributed by atoms with Crippen molar-refractivity contribution in [3.05, 3.63) is 149 Å². The van der Waals surface area contributed by atoms with Crippen LogP contribution in [0.25, 0.3) is 11.8 Å². The first kappa shape index (κ1) is 33.6. The molecule has 6 rings (SSSR count). The number of rotatable bonds is 10. The lowest BCUT2D eigenvalue weighted by atomic mass is 9.93. The Bertz CT molecular complexity index is 2200. The van der Waals surface area contributed by atoms with Crippen molar-refractivity contribution in [2.45, 2.75) is 24.5 Å². The van der Waals surface area contributed by atoms with Crippen LogP contribution in [0.15, 0.2) is 111 Å². The van der Waals surface area contributed by atoms with Gasteiger partial charge in [-0.15, -0.1) is 11.8 Å². The predicted octanol–water partition coefficient (Wildman–Crippen LogP) is 7.55. The number of halogens is 2. The highest BCUT2D eigenvalue weighted by atomic mass is 35.5. The number of methoxy groups -OCH3 is 1. The molecule has 1 aromatic heterocycles. The highest BCUT2D eigenvalue weighted by molar-refractivity contribution is 7.98. The summed E-state index contributed by atoms with van der Waals surface area (Å²) in [5.41, 5.74) is 3.47. The molecule has 7 nitrogen and oxygen atoms in total. The number of esters is 1. The van der Waals surface area contributed by atoms with Crippen molar-refractivity contribution < 1.29 is 19.0 Å². The normalized spacial score (nSPS) is 14.4. The van der Waals surface area contributed by atoms with E-state index in [2.05, 4.69) is 0 Å². The summed E-state index contributed by atoms with van der Waals surface area (Å²) in [6, 6.07) is 27.4. The van der Waals surface area contributed by atoms with Crippen LogP contribution in [0.3, 0.4) is 0 Å². The molecule has 0 spiro atoms. The van der Waals surface area contributed by atoms with E-state index in [-0.39, 0.29) is 18.8 Å². The number of carbonyl (C=O) groups excluding carboxylic acids is 1. The minimum Gasteiger partial charge on any atom is -0.493 e. The molecule has 1 atom stereocenters. The molecule has 48 heavy (non-hydrogen) atoms. The summed E-state index contributed by atoms with van der Waals surface area (Å²) in [5, 5.41) is 0.925. The molecule has 0 amide bonds. The van der Waals surface area contributed by atoms with Gasteiger partial charge in [0.25, 0.3) is 5.56 Å². The lowest BCUT2D eigenvalue weighted by Crippen LogP contribution is -2.40. The van der Waals surface area contributed by atoms with Gasteiger partial charge in [0.2, 0.25) is 0 Å². The minimum atomic E-state index is -0.769. The van der Waals surface area contributed by atoms with Gasteiger partial charge in [-0.3, -0.25) is 9.36 Å². The van der Waals surface area contributed by atoms with E-state index in [1.54, 1.807) is 47.5 Å². The molecule has 4 aromatic carbocycles. The van der Waals surface area contributed by atoms with Gasteiger partial charge in [-0.2, -0.15) is 0 Å². The fourth-order valence-corrected chi connectivity index (χ4v) is 7.33. The van der Waals surface area contributed by atoms with E-state index in [9.17, 15) is 9.59 Å². The van der Waals surface area contributed by atoms with Gasteiger partial charge in [0, 0.05) is 15.5 Å². The van der Waals surface area contributed by atoms with Crippen LogP contribution in [-0.4, -0.2) is 30.5 Å². The Labute approximate surface area is 295 Å². The second-order valence-corrected chi connectivity index (χ2v) is 13.4. The number of nitrogens with zero attached hydrogens (tertiary/aromatic N) is 2. The summed E-state index contributed by atoms with van der Waals surface area (Å²) < 4.78 is 19.2. The van der Waals surface area contributed by atoms with Gasteiger partial charge in [-0.05, 0) is 72.3 Å². The molecule has 0 radical (unpaired) electrons. The third kappa shape index (κ3) is 6.96. The van der Waals surface area contributed by atoms with Crippen LogP contribution in [0.4, 0.5) is 0 Å². The number of aromatic nitrogens is 1. The monoisotopic (exact) mass is 716 g/mol. The number of hydrogen-bond acceptors (Lipinski definition) is 8. The molecule has 1 aliphatic heterocycles. The molecule has 2 heterocycles. The maximum Gasteiger partial charge on any atom is 0.338 e. The van der Waals surface area contributed by atoms with E-state index in [0.29, 0.717) is 47.7 Å². The van der Waals surface area contributed by atoms with Crippen LogP contribution < -0.4 is 24.4 Å². The Balaban J connectivity index is 1.49. The predicted molar refractivity (Wildman–Crippen MR) is 193 cm³/mol. The van der Waals surface area contributed by atoms with Gasteiger partial charge in [0.1, 0.15) is 6.61 Å². The summed E-state index contributed by atoms with van der Waals surface area (Å²) in [7, 11) is 1.53. The Morgan fingerprint density at radius 1 is 1.02 bits per heavy atom. The SMILES string of the molecule is CCOC(=O)C1=C(c2ccccc2)N=c2s/c(=C\c3cc(Cl)c(OCc4cccc(Cl)c4)c(OC)c3)c(=O)n2[C@@H]1c1ccc(SC)cc1. The van der Waals surface area contributed by atoms with Gasteiger partial charge in [-0.1, -0.05) is 89.1 Å². The van der Waals surface area contributed by atoms with E-state index in [1.807, 2.05) is 79.1 Å². The zero-order valence-electron chi connectivity index (χ0n) is 26.2. The van der Waals surface area contributed by atoms with E-state index < -0.39 is 12.0 Å². The van der Waals surface area contributed by atoms with Crippen molar-refractivity contribution in [3.8, 4) is 11.5 Å². The van der Waals surface area contributed by atoms with Crippen LogP contribution >= 0.6 is 46.3 Å². The smallest absolute Gasteiger partial charge is 0.338 e. The highest BCUT2D eigenvalue weighted by Crippen LogP contribution is 2.38. The van der Waals surface area contributed by atoms with E-state index in [4.69, 9.17) is 42.4 Å². The number of fused-ring (bicyclic) bond motifs is 1. The Morgan fingerprint density at radius 3 is 2.48 bits per heavy atom. The van der Waals surface area contributed by atoms with Gasteiger partial charge in [0.05, 0.1) is 40.6 Å².